The van der Waals surface area contributed by atoms with Gasteiger partial charge in [0.25, 0.3) is 0 Å². The summed E-state index contributed by atoms with van der Waals surface area (Å²) in [5.74, 6) is 2.35. The molecule has 1 unspecified atom stereocenters. The number of guanidine groups is 1. The number of fused-ring (bicyclic) bond motifs is 1. The molecule has 2 aromatic heterocycles. The van der Waals surface area contributed by atoms with Crippen LogP contribution in [-0.4, -0.2) is 46.3 Å². The van der Waals surface area contributed by atoms with E-state index in [1.807, 2.05) is 60.0 Å². The van der Waals surface area contributed by atoms with E-state index in [2.05, 4.69) is 32.7 Å². The Hall–Kier alpha value is -2.80. The number of halogens is 1. The zero-order chi connectivity index (χ0) is 20.5. The summed E-state index contributed by atoms with van der Waals surface area (Å²) in [6, 6.07) is 13.4. The topological polar surface area (TPSA) is 75.8 Å². The van der Waals surface area contributed by atoms with Crippen LogP contribution in [0.4, 0.5) is 0 Å². The number of aromatic nitrogens is 3. The van der Waals surface area contributed by atoms with E-state index < -0.39 is 0 Å². The molecule has 0 amide bonds. The first-order valence-corrected chi connectivity index (χ1v) is 10.3. The van der Waals surface area contributed by atoms with E-state index in [4.69, 9.17) is 16.3 Å². The Balaban J connectivity index is 1.56. The van der Waals surface area contributed by atoms with Crippen molar-refractivity contribution in [2.24, 2.45) is 4.99 Å². The van der Waals surface area contributed by atoms with Crippen LogP contribution in [0.15, 0.2) is 53.7 Å². The van der Waals surface area contributed by atoms with Crippen molar-refractivity contribution in [1.29, 1.82) is 0 Å². The van der Waals surface area contributed by atoms with Crippen molar-refractivity contribution in [3.8, 4) is 5.75 Å². The predicted octanol–water partition coefficient (Wildman–Crippen LogP) is 3.34. The minimum absolute atomic E-state index is 0.0502. The molecule has 0 radical (unpaired) electrons. The Morgan fingerprint density at radius 3 is 2.76 bits per heavy atom. The number of hydrogen-bond acceptors (Lipinski definition) is 4. The SMILES string of the molecule is CCNC(=NCC(CC)Oc1ccccc1Cl)NCCc1nnc2ccccn12. The third kappa shape index (κ3) is 5.84. The summed E-state index contributed by atoms with van der Waals surface area (Å²) < 4.78 is 8.01. The fourth-order valence-electron chi connectivity index (χ4n) is 2.86. The Kier molecular flexibility index (Phi) is 7.69. The Morgan fingerprint density at radius 2 is 1.97 bits per heavy atom. The van der Waals surface area contributed by atoms with Crippen molar-refractivity contribution in [3.05, 3.63) is 59.5 Å². The molecular formula is C21H27ClN6O. The minimum atomic E-state index is -0.0502. The van der Waals surface area contributed by atoms with Gasteiger partial charge in [-0.15, -0.1) is 10.2 Å². The van der Waals surface area contributed by atoms with Crippen molar-refractivity contribution < 1.29 is 4.74 Å². The third-order valence-electron chi connectivity index (χ3n) is 4.41. The number of ether oxygens (including phenoxy) is 1. The van der Waals surface area contributed by atoms with Gasteiger partial charge in [-0.3, -0.25) is 4.40 Å². The Morgan fingerprint density at radius 1 is 1.14 bits per heavy atom. The monoisotopic (exact) mass is 414 g/mol. The van der Waals surface area contributed by atoms with Gasteiger partial charge in [-0.2, -0.15) is 0 Å². The highest BCUT2D eigenvalue weighted by Crippen LogP contribution is 2.24. The van der Waals surface area contributed by atoms with Crippen molar-refractivity contribution in [3.63, 3.8) is 0 Å². The highest BCUT2D eigenvalue weighted by molar-refractivity contribution is 6.32. The fourth-order valence-corrected chi connectivity index (χ4v) is 3.04. The second-order valence-electron chi connectivity index (χ2n) is 6.52. The molecule has 8 heteroatoms. The number of nitrogens with one attached hydrogen (secondary N) is 2. The fraction of sp³-hybridized carbons (Fsp3) is 0.381. The smallest absolute Gasteiger partial charge is 0.191 e. The molecule has 0 fully saturated rings. The van der Waals surface area contributed by atoms with Gasteiger partial charge < -0.3 is 15.4 Å². The summed E-state index contributed by atoms with van der Waals surface area (Å²) in [5.41, 5.74) is 0.852. The number of nitrogens with zero attached hydrogens (tertiary/aromatic N) is 4. The predicted molar refractivity (Wildman–Crippen MR) is 117 cm³/mol. The molecule has 0 saturated carbocycles. The number of benzene rings is 1. The molecule has 7 nitrogen and oxygen atoms in total. The van der Waals surface area contributed by atoms with Gasteiger partial charge in [-0.1, -0.05) is 36.7 Å². The summed E-state index contributed by atoms with van der Waals surface area (Å²) >= 11 is 6.20. The molecule has 1 atom stereocenters. The van der Waals surface area contributed by atoms with Gasteiger partial charge in [0.05, 0.1) is 11.6 Å². The van der Waals surface area contributed by atoms with Crippen molar-refractivity contribution in [2.75, 3.05) is 19.6 Å². The van der Waals surface area contributed by atoms with Crippen LogP contribution in [-0.2, 0) is 6.42 Å². The number of hydrogen-bond donors (Lipinski definition) is 2. The van der Waals surface area contributed by atoms with Crippen molar-refractivity contribution in [2.45, 2.75) is 32.8 Å². The van der Waals surface area contributed by atoms with Gasteiger partial charge in [-0.05, 0) is 37.6 Å². The van der Waals surface area contributed by atoms with Crippen LogP contribution in [0.1, 0.15) is 26.1 Å². The second-order valence-corrected chi connectivity index (χ2v) is 6.93. The zero-order valence-corrected chi connectivity index (χ0v) is 17.6. The summed E-state index contributed by atoms with van der Waals surface area (Å²) in [6.07, 6.45) is 3.50. The normalized spacial score (nSPS) is 12.7. The van der Waals surface area contributed by atoms with Crippen LogP contribution >= 0.6 is 11.6 Å². The summed E-state index contributed by atoms with van der Waals surface area (Å²) in [5, 5.41) is 15.7. The highest BCUT2D eigenvalue weighted by atomic mass is 35.5. The second kappa shape index (κ2) is 10.7. The minimum Gasteiger partial charge on any atom is -0.487 e. The van der Waals surface area contributed by atoms with Crippen LogP contribution in [0.25, 0.3) is 5.65 Å². The average Bonchev–Trinajstić information content (AvgIpc) is 3.15. The molecule has 2 heterocycles. The Bertz CT molecular complexity index is 942. The van der Waals surface area contributed by atoms with E-state index in [-0.39, 0.29) is 6.10 Å². The number of para-hydroxylation sites is 1. The third-order valence-corrected chi connectivity index (χ3v) is 4.72. The molecule has 2 N–H and O–H groups in total. The van der Waals surface area contributed by atoms with Crippen LogP contribution in [0.2, 0.25) is 5.02 Å². The maximum atomic E-state index is 6.20. The molecule has 1 aromatic carbocycles. The largest absolute Gasteiger partial charge is 0.487 e. The van der Waals surface area contributed by atoms with Crippen LogP contribution in [0.3, 0.4) is 0 Å². The van der Waals surface area contributed by atoms with Crippen LogP contribution in [0, 0.1) is 0 Å². The van der Waals surface area contributed by atoms with Gasteiger partial charge in [0, 0.05) is 25.7 Å². The average molecular weight is 415 g/mol. The molecule has 154 valence electrons. The number of rotatable bonds is 9. The number of aliphatic imine (C=N–C) groups is 1. The quantitative estimate of drug-likeness (QED) is 0.415. The molecule has 29 heavy (non-hydrogen) atoms. The number of pyridine rings is 1. The first-order valence-electron chi connectivity index (χ1n) is 9.93. The van der Waals surface area contributed by atoms with E-state index in [1.165, 1.54) is 0 Å². The molecule has 0 saturated heterocycles. The molecular weight excluding hydrogens is 388 g/mol. The first-order chi connectivity index (χ1) is 14.2. The van der Waals surface area contributed by atoms with E-state index in [0.717, 1.165) is 36.8 Å². The lowest BCUT2D eigenvalue weighted by Gasteiger charge is -2.18. The zero-order valence-electron chi connectivity index (χ0n) is 16.8. The van der Waals surface area contributed by atoms with E-state index in [0.29, 0.717) is 23.9 Å². The Labute approximate surface area is 176 Å². The lowest BCUT2D eigenvalue weighted by Crippen LogP contribution is -2.39. The maximum absolute atomic E-state index is 6.20. The van der Waals surface area contributed by atoms with Crippen molar-refractivity contribution >= 4 is 23.2 Å². The lowest BCUT2D eigenvalue weighted by atomic mass is 10.2. The van der Waals surface area contributed by atoms with E-state index in [9.17, 15) is 0 Å². The first kappa shape index (κ1) is 20.9. The summed E-state index contributed by atoms with van der Waals surface area (Å²) in [4.78, 5) is 4.68. The standard InChI is InChI=1S/C21H27ClN6O/c1-3-16(29-18-10-6-5-9-17(18)22)15-25-21(23-4-2)24-13-12-20-27-26-19-11-7-8-14-28(19)20/h5-11,14,16H,3-4,12-13,15H2,1-2H3,(H2,23,24,25). The lowest BCUT2D eigenvalue weighted by molar-refractivity contribution is 0.206. The van der Waals surface area contributed by atoms with Gasteiger partial charge in [0.2, 0.25) is 0 Å². The van der Waals surface area contributed by atoms with Gasteiger partial charge in [0.15, 0.2) is 11.6 Å². The summed E-state index contributed by atoms with van der Waals surface area (Å²) in [6.45, 7) is 6.13. The van der Waals surface area contributed by atoms with Gasteiger partial charge in [0.1, 0.15) is 17.7 Å². The highest BCUT2D eigenvalue weighted by Gasteiger charge is 2.11. The molecule has 0 spiro atoms. The molecule has 0 bridgehead atoms. The molecule has 0 aliphatic heterocycles. The molecule has 0 aliphatic rings. The molecule has 3 aromatic rings. The van der Waals surface area contributed by atoms with E-state index in [1.54, 1.807) is 0 Å². The van der Waals surface area contributed by atoms with Crippen LogP contribution < -0.4 is 15.4 Å². The molecule has 3 rings (SSSR count). The summed E-state index contributed by atoms with van der Waals surface area (Å²) in [7, 11) is 0. The van der Waals surface area contributed by atoms with E-state index >= 15 is 0 Å². The maximum Gasteiger partial charge on any atom is 0.191 e. The van der Waals surface area contributed by atoms with Crippen LogP contribution in [0.5, 0.6) is 5.75 Å². The van der Waals surface area contributed by atoms with Gasteiger partial charge >= 0.3 is 0 Å². The van der Waals surface area contributed by atoms with Crippen molar-refractivity contribution in [1.82, 2.24) is 25.2 Å². The van der Waals surface area contributed by atoms with Gasteiger partial charge in [-0.25, -0.2) is 4.99 Å². The molecule has 0 aliphatic carbocycles.